The lowest BCUT2D eigenvalue weighted by molar-refractivity contribution is -0.117. The zero-order valence-electron chi connectivity index (χ0n) is 14.8. The Labute approximate surface area is 149 Å². The van der Waals surface area contributed by atoms with E-state index in [-0.39, 0.29) is 18.0 Å². The summed E-state index contributed by atoms with van der Waals surface area (Å²) in [6.07, 6.45) is 2.51. The lowest BCUT2D eigenvalue weighted by Crippen LogP contribution is -2.49. The van der Waals surface area contributed by atoms with Crippen molar-refractivity contribution in [3.05, 3.63) is 30.3 Å². The number of rotatable bonds is 8. The van der Waals surface area contributed by atoms with Crippen molar-refractivity contribution < 1.29 is 14.3 Å². The average Bonchev–Trinajstić information content (AvgIpc) is 2.61. The van der Waals surface area contributed by atoms with Crippen molar-refractivity contribution in [1.82, 2.24) is 15.5 Å². The topological polar surface area (TPSA) is 82.7 Å². The second-order valence-electron chi connectivity index (χ2n) is 6.21. The Bertz CT molecular complexity index is 530. The van der Waals surface area contributed by atoms with Crippen LogP contribution >= 0.6 is 0 Å². The predicted molar refractivity (Wildman–Crippen MR) is 97.6 cm³/mol. The molecule has 138 valence electrons. The minimum absolute atomic E-state index is 0.00602. The van der Waals surface area contributed by atoms with Crippen LogP contribution in [0.5, 0.6) is 0 Å². The van der Waals surface area contributed by atoms with Gasteiger partial charge in [-0.15, -0.1) is 0 Å². The van der Waals surface area contributed by atoms with E-state index in [2.05, 4.69) is 20.9 Å². The minimum atomic E-state index is -0.128. The molecule has 1 aromatic rings. The highest BCUT2D eigenvalue weighted by Gasteiger charge is 2.22. The Morgan fingerprint density at radius 3 is 2.60 bits per heavy atom. The molecule has 1 fully saturated rings. The SMILES string of the molecule is COCCCNC(=O)NC1CCN(CC(=O)Nc2ccccc2)CC1. The van der Waals surface area contributed by atoms with Gasteiger partial charge in [-0.05, 0) is 31.4 Å². The maximum atomic E-state index is 12.1. The molecule has 0 atom stereocenters. The molecule has 1 aliphatic heterocycles. The number of amides is 3. The summed E-state index contributed by atoms with van der Waals surface area (Å²) < 4.78 is 4.94. The number of benzene rings is 1. The first-order chi connectivity index (χ1) is 12.2. The van der Waals surface area contributed by atoms with Gasteiger partial charge in [-0.25, -0.2) is 4.79 Å². The number of carbonyl (C=O) groups excluding carboxylic acids is 2. The molecule has 1 saturated heterocycles. The molecule has 0 spiro atoms. The second-order valence-corrected chi connectivity index (χ2v) is 6.21. The molecular weight excluding hydrogens is 320 g/mol. The van der Waals surface area contributed by atoms with E-state index < -0.39 is 0 Å². The number of methoxy groups -OCH3 is 1. The molecule has 0 unspecified atom stereocenters. The molecule has 0 saturated carbocycles. The fourth-order valence-electron chi connectivity index (χ4n) is 2.82. The van der Waals surface area contributed by atoms with Gasteiger partial charge in [0.1, 0.15) is 0 Å². The summed E-state index contributed by atoms with van der Waals surface area (Å²) in [7, 11) is 1.65. The number of nitrogens with zero attached hydrogens (tertiary/aromatic N) is 1. The number of ether oxygens (including phenoxy) is 1. The zero-order chi connectivity index (χ0) is 17.9. The van der Waals surface area contributed by atoms with E-state index in [0.29, 0.717) is 19.7 Å². The van der Waals surface area contributed by atoms with Crippen LogP contribution in [0, 0.1) is 0 Å². The van der Waals surface area contributed by atoms with Crippen molar-refractivity contribution in [3.63, 3.8) is 0 Å². The van der Waals surface area contributed by atoms with Gasteiger partial charge in [0.05, 0.1) is 6.54 Å². The summed E-state index contributed by atoms with van der Waals surface area (Å²) in [5.41, 5.74) is 0.814. The lowest BCUT2D eigenvalue weighted by atomic mass is 10.1. The molecule has 3 amide bonds. The van der Waals surface area contributed by atoms with Crippen molar-refractivity contribution in [2.24, 2.45) is 0 Å². The van der Waals surface area contributed by atoms with Crippen molar-refractivity contribution >= 4 is 17.6 Å². The largest absolute Gasteiger partial charge is 0.385 e. The summed E-state index contributed by atoms with van der Waals surface area (Å²) in [6, 6.07) is 9.49. The summed E-state index contributed by atoms with van der Waals surface area (Å²) in [5.74, 6) is -0.00602. The number of anilines is 1. The maximum Gasteiger partial charge on any atom is 0.315 e. The van der Waals surface area contributed by atoms with Gasteiger partial charge in [0, 0.05) is 45.1 Å². The minimum Gasteiger partial charge on any atom is -0.385 e. The molecule has 3 N–H and O–H groups in total. The van der Waals surface area contributed by atoms with E-state index in [0.717, 1.165) is 38.0 Å². The van der Waals surface area contributed by atoms with Crippen LogP contribution in [-0.2, 0) is 9.53 Å². The van der Waals surface area contributed by atoms with Gasteiger partial charge in [-0.1, -0.05) is 18.2 Å². The zero-order valence-corrected chi connectivity index (χ0v) is 14.8. The summed E-state index contributed by atoms with van der Waals surface area (Å²) in [5, 5.41) is 8.71. The van der Waals surface area contributed by atoms with Crippen LogP contribution in [0.3, 0.4) is 0 Å². The van der Waals surface area contributed by atoms with Gasteiger partial charge >= 0.3 is 6.03 Å². The highest BCUT2D eigenvalue weighted by atomic mass is 16.5. The Kier molecular flexibility index (Phi) is 8.21. The van der Waals surface area contributed by atoms with E-state index in [1.165, 1.54) is 0 Å². The quantitative estimate of drug-likeness (QED) is 0.621. The van der Waals surface area contributed by atoms with Gasteiger partial charge in [-0.3, -0.25) is 9.69 Å². The second kappa shape index (κ2) is 10.7. The number of piperidine rings is 1. The van der Waals surface area contributed by atoms with Gasteiger partial charge in [0.25, 0.3) is 0 Å². The number of hydrogen-bond donors (Lipinski definition) is 3. The van der Waals surface area contributed by atoms with E-state index in [4.69, 9.17) is 4.74 Å². The lowest BCUT2D eigenvalue weighted by Gasteiger charge is -2.31. The number of likely N-dealkylation sites (tertiary alicyclic amines) is 1. The van der Waals surface area contributed by atoms with Crippen LogP contribution < -0.4 is 16.0 Å². The van der Waals surface area contributed by atoms with Crippen LogP contribution in [-0.4, -0.2) is 62.8 Å². The van der Waals surface area contributed by atoms with Crippen molar-refractivity contribution in [2.75, 3.05) is 45.2 Å². The van der Waals surface area contributed by atoms with E-state index >= 15 is 0 Å². The van der Waals surface area contributed by atoms with Crippen LogP contribution in [0.15, 0.2) is 30.3 Å². The van der Waals surface area contributed by atoms with Crippen LogP contribution in [0.2, 0.25) is 0 Å². The molecule has 1 heterocycles. The van der Waals surface area contributed by atoms with Gasteiger partial charge in [0.15, 0.2) is 0 Å². The number of hydrogen-bond acceptors (Lipinski definition) is 4. The molecular formula is C18H28N4O3. The molecule has 0 aromatic heterocycles. The molecule has 0 bridgehead atoms. The Balaban J connectivity index is 1.61. The van der Waals surface area contributed by atoms with Crippen molar-refractivity contribution in [3.8, 4) is 0 Å². The van der Waals surface area contributed by atoms with Crippen LogP contribution in [0.25, 0.3) is 0 Å². The molecule has 0 aliphatic carbocycles. The molecule has 1 aromatic carbocycles. The molecule has 25 heavy (non-hydrogen) atoms. The third-order valence-corrected chi connectivity index (χ3v) is 4.16. The van der Waals surface area contributed by atoms with E-state index in [1.54, 1.807) is 7.11 Å². The van der Waals surface area contributed by atoms with Crippen LogP contribution in [0.1, 0.15) is 19.3 Å². The summed E-state index contributed by atoms with van der Waals surface area (Å²) in [4.78, 5) is 26.0. The molecule has 7 nitrogen and oxygen atoms in total. The number of nitrogens with one attached hydrogen (secondary N) is 3. The molecule has 0 radical (unpaired) electrons. The third kappa shape index (κ3) is 7.53. The smallest absolute Gasteiger partial charge is 0.315 e. The highest BCUT2D eigenvalue weighted by molar-refractivity contribution is 5.92. The summed E-state index contributed by atoms with van der Waals surface area (Å²) >= 11 is 0. The number of carbonyl (C=O) groups is 2. The Hall–Kier alpha value is -2.12. The standard InChI is InChI=1S/C18H28N4O3/c1-25-13-5-10-19-18(24)21-16-8-11-22(12-9-16)14-17(23)20-15-6-3-2-4-7-15/h2-4,6-7,16H,5,8-14H2,1H3,(H,20,23)(H2,19,21,24). The summed E-state index contributed by atoms with van der Waals surface area (Å²) in [6.45, 7) is 3.24. The predicted octanol–water partition coefficient (Wildman–Crippen LogP) is 1.43. The fourth-order valence-corrected chi connectivity index (χ4v) is 2.82. The van der Waals surface area contributed by atoms with Crippen LogP contribution in [0.4, 0.5) is 10.5 Å². The average molecular weight is 348 g/mol. The van der Waals surface area contributed by atoms with E-state index in [1.807, 2.05) is 30.3 Å². The van der Waals surface area contributed by atoms with Gasteiger partial charge < -0.3 is 20.7 Å². The maximum absolute atomic E-state index is 12.1. The first-order valence-electron chi connectivity index (χ1n) is 8.78. The Morgan fingerprint density at radius 2 is 1.92 bits per heavy atom. The molecule has 1 aliphatic rings. The van der Waals surface area contributed by atoms with Gasteiger partial charge in [-0.2, -0.15) is 0 Å². The number of urea groups is 1. The van der Waals surface area contributed by atoms with E-state index in [9.17, 15) is 9.59 Å². The van der Waals surface area contributed by atoms with Crippen molar-refractivity contribution in [1.29, 1.82) is 0 Å². The normalized spacial score (nSPS) is 15.6. The fraction of sp³-hybridized carbons (Fsp3) is 0.556. The molecule has 2 rings (SSSR count). The first kappa shape index (κ1) is 19.2. The molecule has 7 heteroatoms. The Morgan fingerprint density at radius 1 is 1.20 bits per heavy atom. The first-order valence-corrected chi connectivity index (χ1v) is 8.78. The van der Waals surface area contributed by atoms with Gasteiger partial charge in [0.2, 0.25) is 5.91 Å². The van der Waals surface area contributed by atoms with Crippen molar-refractivity contribution in [2.45, 2.75) is 25.3 Å². The third-order valence-electron chi connectivity index (χ3n) is 4.16. The highest BCUT2D eigenvalue weighted by Crippen LogP contribution is 2.11. The number of para-hydroxylation sites is 1. The monoisotopic (exact) mass is 348 g/mol.